The molecule has 0 fully saturated rings. The summed E-state index contributed by atoms with van der Waals surface area (Å²) in [6.07, 6.45) is 0. The number of ether oxygens (including phenoxy) is 1. The van der Waals surface area contributed by atoms with Crippen molar-refractivity contribution in [1.29, 1.82) is 0 Å². The highest BCUT2D eigenvalue weighted by Crippen LogP contribution is 2.26. The van der Waals surface area contributed by atoms with E-state index in [4.69, 9.17) is 4.74 Å². The maximum Gasteiger partial charge on any atom is 0.329 e. The van der Waals surface area contributed by atoms with Crippen LogP contribution in [0.25, 0.3) is 0 Å². The second-order valence-electron chi connectivity index (χ2n) is 7.61. The molecule has 166 valence electrons. The molecular weight excluding hydrogens is 414 g/mol. The summed E-state index contributed by atoms with van der Waals surface area (Å²) >= 11 is 0. The lowest BCUT2D eigenvalue weighted by Gasteiger charge is -2.20. The van der Waals surface area contributed by atoms with Crippen LogP contribution in [0, 0.1) is 20.8 Å². The first-order valence-electron chi connectivity index (χ1n) is 9.91. The van der Waals surface area contributed by atoms with E-state index in [0.717, 1.165) is 21.6 Å². The van der Waals surface area contributed by atoms with Crippen LogP contribution in [0.4, 0.5) is 10.5 Å². The van der Waals surface area contributed by atoms with Crippen molar-refractivity contribution >= 4 is 35.4 Å². The maximum atomic E-state index is 12.6. The van der Waals surface area contributed by atoms with Crippen molar-refractivity contribution in [2.24, 2.45) is 0 Å². The van der Waals surface area contributed by atoms with Crippen LogP contribution in [0.1, 0.15) is 44.3 Å². The van der Waals surface area contributed by atoms with E-state index in [-0.39, 0.29) is 11.1 Å². The van der Waals surface area contributed by atoms with Gasteiger partial charge in [-0.3, -0.25) is 24.6 Å². The highest BCUT2D eigenvalue weighted by Gasteiger charge is 2.41. The zero-order valence-corrected chi connectivity index (χ0v) is 18.1. The van der Waals surface area contributed by atoms with Crippen LogP contribution in [0.2, 0.25) is 0 Å². The number of imide groups is 2. The second kappa shape index (κ2) is 9.01. The monoisotopic (exact) mass is 437 g/mol. The normalized spacial score (nSPS) is 13.4. The molecule has 2 N–H and O–H groups in total. The molecule has 0 radical (unpaired) electrons. The number of anilines is 1. The number of nitrogens with one attached hydrogen (secondary N) is 2. The first kappa shape index (κ1) is 22.7. The first-order valence-corrected chi connectivity index (χ1v) is 9.91. The molecule has 0 spiro atoms. The average Bonchev–Trinajstić information content (AvgIpc) is 2.97. The Labute approximate surface area is 184 Å². The SMILES string of the molecule is Cc1ccc2c(c1)C(=O)N(C(C)C(=O)OCC(=O)NC(=O)Nc1ccc(C)c(C)c1)C2=O. The number of amides is 5. The molecule has 1 heterocycles. The Balaban J connectivity index is 1.53. The van der Waals surface area contributed by atoms with Crippen LogP contribution >= 0.6 is 0 Å². The Hall–Kier alpha value is -4.01. The van der Waals surface area contributed by atoms with E-state index in [1.165, 1.54) is 13.0 Å². The fraction of sp³-hybridized carbons (Fsp3) is 0.261. The molecule has 2 aromatic rings. The molecular formula is C23H23N3O6. The van der Waals surface area contributed by atoms with Crippen LogP contribution in [-0.4, -0.2) is 47.3 Å². The Morgan fingerprint density at radius 3 is 2.31 bits per heavy atom. The van der Waals surface area contributed by atoms with Crippen molar-refractivity contribution in [1.82, 2.24) is 10.2 Å². The molecule has 1 atom stereocenters. The smallest absolute Gasteiger partial charge is 0.329 e. The number of carbonyl (C=O) groups excluding carboxylic acids is 5. The van der Waals surface area contributed by atoms with Gasteiger partial charge < -0.3 is 10.1 Å². The van der Waals surface area contributed by atoms with Gasteiger partial charge in [0.1, 0.15) is 6.04 Å². The Bertz CT molecular complexity index is 1140. The van der Waals surface area contributed by atoms with E-state index in [0.29, 0.717) is 5.69 Å². The van der Waals surface area contributed by atoms with Crippen LogP contribution < -0.4 is 10.6 Å². The van der Waals surface area contributed by atoms with Gasteiger partial charge >= 0.3 is 12.0 Å². The van der Waals surface area contributed by atoms with Gasteiger partial charge in [-0.2, -0.15) is 0 Å². The van der Waals surface area contributed by atoms with Crippen molar-refractivity contribution in [2.75, 3.05) is 11.9 Å². The maximum absolute atomic E-state index is 12.6. The molecule has 0 bridgehead atoms. The fourth-order valence-corrected chi connectivity index (χ4v) is 3.23. The van der Waals surface area contributed by atoms with E-state index in [1.807, 2.05) is 19.9 Å². The van der Waals surface area contributed by atoms with Crippen molar-refractivity contribution in [3.63, 3.8) is 0 Å². The Morgan fingerprint density at radius 2 is 1.62 bits per heavy atom. The molecule has 2 aromatic carbocycles. The highest BCUT2D eigenvalue weighted by molar-refractivity contribution is 6.22. The van der Waals surface area contributed by atoms with Crippen LogP contribution in [0.3, 0.4) is 0 Å². The average molecular weight is 437 g/mol. The number of esters is 1. The lowest BCUT2D eigenvalue weighted by atomic mass is 10.1. The number of fused-ring (bicyclic) bond motifs is 1. The summed E-state index contributed by atoms with van der Waals surface area (Å²) in [4.78, 5) is 62.2. The predicted molar refractivity (Wildman–Crippen MR) is 115 cm³/mol. The summed E-state index contributed by atoms with van der Waals surface area (Å²) in [6.45, 7) is 6.20. The summed E-state index contributed by atoms with van der Waals surface area (Å²) in [5, 5.41) is 4.56. The topological polar surface area (TPSA) is 122 Å². The summed E-state index contributed by atoms with van der Waals surface area (Å²) in [5.74, 6) is -3.01. The van der Waals surface area contributed by atoms with Gasteiger partial charge in [-0.1, -0.05) is 17.7 Å². The number of hydrogen-bond donors (Lipinski definition) is 2. The molecule has 3 rings (SSSR count). The minimum Gasteiger partial charge on any atom is -0.454 e. The standard InChI is InChI=1S/C23H23N3O6/c1-12-5-8-17-18(9-12)21(29)26(20(17)28)15(4)22(30)32-11-19(27)25-23(31)24-16-7-6-13(2)14(3)10-16/h5-10,15H,11H2,1-4H3,(H2,24,25,27,31). The molecule has 1 unspecified atom stereocenters. The van der Waals surface area contributed by atoms with Gasteiger partial charge in [0.25, 0.3) is 17.7 Å². The molecule has 0 saturated heterocycles. The molecule has 0 aromatic heterocycles. The largest absolute Gasteiger partial charge is 0.454 e. The lowest BCUT2D eigenvalue weighted by Crippen LogP contribution is -2.45. The number of rotatable bonds is 5. The molecule has 9 heteroatoms. The highest BCUT2D eigenvalue weighted by atomic mass is 16.5. The number of carbonyl (C=O) groups is 5. The molecule has 1 aliphatic rings. The Kier molecular flexibility index (Phi) is 6.38. The fourth-order valence-electron chi connectivity index (χ4n) is 3.23. The molecule has 0 aliphatic carbocycles. The molecule has 0 saturated carbocycles. The number of hydrogen-bond acceptors (Lipinski definition) is 6. The number of aryl methyl sites for hydroxylation is 3. The molecule has 32 heavy (non-hydrogen) atoms. The van der Waals surface area contributed by atoms with Gasteiger partial charge in [-0.05, 0) is 63.1 Å². The van der Waals surface area contributed by atoms with Crippen molar-refractivity contribution < 1.29 is 28.7 Å². The summed E-state index contributed by atoms with van der Waals surface area (Å²) < 4.78 is 4.91. The third kappa shape index (κ3) is 4.66. The van der Waals surface area contributed by atoms with Gasteiger partial charge in [0.15, 0.2) is 6.61 Å². The predicted octanol–water partition coefficient (Wildman–Crippen LogP) is 2.49. The number of benzene rings is 2. The molecule has 5 amide bonds. The van der Waals surface area contributed by atoms with Gasteiger partial charge in [-0.15, -0.1) is 0 Å². The quantitative estimate of drug-likeness (QED) is 0.547. The summed E-state index contributed by atoms with van der Waals surface area (Å²) in [7, 11) is 0. The van der Waals surface area contributed by atoms with E-state index in [9.17, 15) is 24.0 Å². The minimum atomic E-state index is -1.24. The van der Waals surface area contributed by atoms with E-state index >= 15 is 0 Å². The van der Waals surface area contributed by atoms with Crippen molar-refractivity contribution in [2.45, 2.75) is 33.7 Å². The minimum absolute atomic E-state index is 0.209. The second-order valence-corrected chi connectivity index (χ2v) is 7.61. The molecule has 9 nitrogen and oxygen atoms in total. The first-order chi connectivity index (χ1) is 15.1. The molecule has 1 aliphatic heterocycles. The third-order valence-electron chi connectivity index (χ3n) is 5.17. The van der Waals surface area contributed by atoms with Crippen LogP contribution in [0.5, 0.6) is 0 Å². The van der Waals surface area contributed by atoms with Crippen molar-refractivity contribution in [3.8, 4) is 0 Å². The summed E-state index contributed by atoms with van der Waals surface area (Å²) in [5.41, 5.74) is 3.76. The number of urea groups is 1. The number of nitrogens with zero attached hydrogens (tertiary/aromatic N) is 1. The van der Waals surface area contributed by atoms with Crippen molar-refractivity contribution in [3.05, 3.63) is 64.2 Å². The zero-order chi connectivity index (χ0) is 23.6. The van der Waals surface area contributed by atoms with Gasteiger partial charge in [0.2, 0.25) is 0 Å². The summed E-state index contributed by atoms with van der Waals surface area (Å²) in [6, 6.07) is 8.07. The third-order valence-corrected chi connectivity index (χ3v) is 5.17. The van der Waals surface area contributed by atoms with Crippen LogP contribution in [-0.2, 0) is 14.3 Å². The lowest BCUT2D eigenvalue weighted by molar-refractivity contribution is -0.151. The van der Waals surface area contributed by atoms with E-state index < -0.39 is 42.4 Å². The van der Waals surface area contributed by atoms with E-state index in [1.54, 1.807) is 31.2 Å². The van der Waals surface area contributed by atoms with Crippen LogP contribution in [0.15, 0.2) is 36.4 Å². The Morgan fingerprint density at radius 1 is 0.938 bits per heavy atom. The van der Waals surface area contributed by atoms with E-state index in [2.05, 4.69) is 10.6 Å². The van der Waals surface area contributed by atoms with Gasteiger partial charge in [0.05, 0.1) is 11.1 Å². The van der Waals surface area contributed by atoms with Gasteiger partial charge in [0, 0.05) is 5.69 Å². The zero-order valence-electron chi connectivity index (χ0n) is 18.1. The van der Waals surface area contributed by atoms with Gasteiger partial charge in [-0.25, -0.2) is 9.59 Å².